The smallest absolute Gasteiger partial charge is 0.229 e. The van der Waals surface area contributed by atoms with Gasteiger partial charge in [-0.1, -0.05) is 13.8 Å². The minimum atomic E-state index is -3.25. The number of carbonyl (C=O) groups excluding carboxylic acids is 2. The standard InChI is InChI=1S/C20H28N2O4S/c1-3-27(25,26)18-10-6-16(7-11-18)21-20(24)15-12-19(23)22(13-15)17-8-4-14(2)5-9-17/h6-7,10-11,14-15,17H,3-5,8-9,12-13H2,1-2H3,(H,21,24). The van der Waals surface area contributed by atoms with Gasteiger partial charge in [0.15, 0.2) is 9.84 Å². The largest absolute Gasteiger partial charge is 0.339 e. The van der Waals surface area contributed by atoms with Crippen molar-refractivity contribution in [2.45, 2.75) is 56.9 Å². The number of anilines is 1. The molecular weight excluding hydrogens is 364 g/mol. The van der Waals surface area contributed by atoms with Crippen molar-refractivity contribution in [3.05, 3.63) is 24.3 Å². The highest BCUT2D eigenvalue weighted by atomic mass is 32.2. The van der Waals surface area contributed by atoms with Crippen molar-refractivity contribution in [2.75, 3.05) is 17.6 Å². The minimum Gasteiger partial charge on any atom is -0.339 e. The van der Waals surface area contributed by atoms with Gasteiger partial charge in [0.25, 0.3) is 0 Å². The van der Waals surface area contributed by atoms with Crippen LogP contribution in [0.3, 0.4) is 0 Å². The van der Waals surface area contributed by atoms with Crippen LogP contribution in [0.5, 0.6) is 0 Å². The van der Waals surface area contributed by atoms with E-state index in [-0.39, 0.29) is 40.8 Å². The number of likely N-dealkylation sites (tertiary alicyclic amines) is 1. The summed E-state index contributed by atoms with van der Waals surface area (Å²) < 4.78 is 23.7. The molecule has 0 aromatic heterocycles. The molecule has 1 atom stereocenters. The molecular formula is C20H28N2O4S. The number of hydrogen-bond donors (Lipinski definition) is 1. The molecule has 1 N–H and O–H groups in total. The first-order chi connectivity index (χ1) is 12.8. The van der Waals surface area contributed by atoms with Gasteiger partial charge in [0, 0.05) is 24.7 Å². The predicted octanol–water partition coefficient (Wildman–Crippen LogP) is 2.85. The number of carbonyl (C=O) groups is 2. The Morgan fingerprint density at radius 1 is 1.15 bits per heavy atom. The van der Waals surface area contributed by atoms with Crippen molar-refractivity contribution in [3.8, 4) is 0 Å². The van der Waals surface area contributed by atoms with E-state index < -0.39 is 9.84 Å². The van der Waals surface area contributed by atoms with E-state index in [1.807, 2.05) is 4.90 Å². The van der Waals surface area contributed by atoms with E-state index in [1.54, 1.807) is 19.1 Å². The summed E-state index contributed by atoms with van der Waals surface area (Å²) in [7, 11) is -3.25. The van der Waals surface area contributed by atoms with Crippen LogP contribution in [0.2, 0.25) is 0 Å². The molecule has 1 saturated carbocycles. The third-order valence-electron chi connectivity index (χ3n) is 5.82. The molecule has 1 aliphatic heterocycles. The quantitative estimate of drug-likeness (QED) is 0.835. The summed E-state index contributed by atoms with van der Waals surface area (Å²) in [6, 6.07) is 6.47. The Morgan fingerprint density at radius 2 is 1.78 bits per heavy atom. The van der Waals surface area contributed by atoms with Crippen molar-refractivity contribution in [2.24, 2.45) is 11.8 Å². The third-order valence-corrected chi connectivity index (χ3v) is 7.57. The number of amides is 2. The molecule has 2 aliphatic rings. The fourth-order valence-electron chi connectivity index (χ4n) is 3.97. The van der Waals surface area contributed by atoms with Gasteiger partial charge in [-0.25, -0.2) is 8.42 Å². The summed E-state index contributed by atoms with van der Waals surface area (Å²) in [6.45, 7) is 4.32. The summed E-state index contributed by atoms with van der Waals surface area (Å²) in [5.41, 5.74) is 0.549. The molecule has 7 heteroatoms. The number of sulfone groups is 1. The maximum Gasteiger partial charge on any atom is 0.229 e. The molecule has 148 valence electrons. The summed E-state index contributed by atoms with van der Waals surface area (Å²) in [5, 5.41) is 2.82. The molecule has 1 aromatic rings. The monoisotopic (exact) mass is 392 g/mol. The zero-order valence-corrected chi connectivity index (χ0v) is 16.8. The summed E-state index contributed by atoms with van der Waals surface area (Å²) in [6.07, 6.45) is 4.57. The van der Waals surface area contributed by atoms with E-state index in [4.69, 9.17) is 0 Å². The van der Waals surface area contributed by atoms with Gasteiger partial charge in [0.1, 0.15) is 0 Å². The Labute approximate surface area is 161 Å². The second-order valence-electron chi connectivity index (χ2n) is 7.78. The molecule has 0 spiro atoms. The van der Waals surface area contributed by atoms with E-state index in [1.165, 1.54) is 12.1 Å². The Balaban J connectivity index is 1.59. The van der Waals surface area contributed by atoms with Crippen molar-refractivity contribution in [3.63, 3.8) is 0 Å². The Morgan fingerprint density at radius 3 is 2.37 bits per heavy atom. The van der Waals surface area contributed by atoms with Crippen LogP contribution in [-0.4, -0.2) is 43.5 Å². The summed E-state index contributed by atoms with van der Waals surface area (Å²) in [4.78, 5) is 27.1. The Kier molecular flexibility index (Phi) is 5.89. The second kappa shape index (κ2) is 8.00. The number of nitrogens with zero attached hydrogens (tertiary/aromatic N) is 1. The maximum absolute atomic E-state index is 12.6. The van der Waals surface area contributed by atoms with Crippen molar-refractivity contribution in [1.29, 1.82) is 0 Å². The lowest BCUT2D eigenvalue weighted by atomic mass is 9.87. The first-order valence-corrected chi connectivity index (χ1v) is 11.4. The Bertz CT molecular complexity index is 796. The average molecular weight is 393 g/mol. The normalized spacial score (nSPS) is 26.2. The van der Waals surface area contributed by atoms with E-state index in [2.05, 4.69) is 12.2 Å². The van der Waals surface area contributed by atoms with Crippen molar-refractivity contribution < 1.29 is 18.0 Å². The molecule has 1 aromatic carbocycles. The lowest BCUT2D eigenvalue weighted by molar-refractivity contribution is -0.130. The third kappa shape index (κ3) is 4.51. The molecule has 1 saturated heterocycles. The zero-order chi connectivity index (χ0) is 19.6. The molecule has 6 nitrogen and oxygen atoms in total. The molecule has 1 aliphatic carbocycles. The molecule has 2 fully saturated rings. The fourth-order valence-corrected chi connectivity index (χ4v) is 4.85. The van der Waals surface area contributed by atoms with E-state index >= 15 is 0 Å². The summed E-state index contributed by atoms with van der Waals surface area (Å²) in [5.74, 6) is 0.298. The van der Waals surface area contributed by atoms with Crippen LogP contribution in [0.4, 0.5) is 5.69 Å². The lowest BCUT2D eigenvalue weighted by Gasteiger charge is -2.33. The van der Waals surface area contributed by atoms with Crippen LogP contribution >= 0.6 is 0 Å². The van der Waals surface area contributed by atoms with Crippen LogP contribution in [-0.2, 0) is 19.4 Å². The highest BCUT2D eigenvalue weighted by Gasteiger charge is 2.38. The number of benzene rings is 1. The maximum atomic E-state index is 12.6. The fraction of sp³-hybridized carbons (Fsp3) is 0.600. The van der Waals surface area contributed by atoms with Gasteiger partial charge in [-0.15, -0.1) is 0 Å². The number of nitrogens with one attached hydrogen (secondary N) is 1. The molecule has 1 heterocycles. The van der Waals surface area contributed by atoms with Crippen LogP contribution in [0.25, 0.3) is 0 Å². The average Bonchev–Trinajstić information content (AvgIpc) is 3.05. The van der Waals surface area contributed by atoms with E-state index in [0.717, 1.165) is 31.6 Å². The number of rotatable bonds is 5. The lowest BCUT2D eigenvalue weighted by Crippen LogP contribution is -2.39. The summed E-state index contributed by atoms with van der Waals surface area (Å²) >= 11 is 0. The van der Waals surface area contributed by atoms with Crippen LogP contribution in [0.15, 0.2) is 29.2 Å². The highest BCUT2D eigenvalue weighted by Crippen LogP contribution is 2.31. The molecule has 3 rings (SSSR count). The molecule has 0 bridgehead atoms. The topological polar surface area (TPSA) is 83.5 Å². The first-order valence-electron chi connectivity index (χ1n) is 9.73. The van der Waals surface area contributed by atoms with Gasteiger partial charge in [0.05, 0.1) is 16.6 Å². The molecule has 2 amide bonds. The van der Waals surface area contributed by atoms with E-state index in [9.17, 15) is 18.0 Å². The van der Waals surface area contributed by atoms with Crippen LogP contribution in [0.1, 0.15) is 46.0 Å². The van der Waals surface area contributed by atoms with Crippen LogP contribution in [0, 0.1) is 11.8 Å². The van der Waals surface area contributed by atoms with Crippen molar-refractivity contribution in [1.82, 2.24) is 4.90 Å². The second-order valence-corrected chi connectivity index (χ2v) is 10.1. The van der Waals surface area contributed by atoms with Gasteiger partial charge in [-0.05, 0) is 55.9 Å². The van der Waals surface area contributed by atoms with Gasteiger partial charge in [0.2, 0.25) is 11.8 Å². The van der Waals surface area contributed by atoms with Crippen LogP contribution < -0.4 is 5.32 Å². The number of hydrogen-bond acceptors (Lipinski definition) is 4. The Hall–Kier alpha value is -1.89. The van der Waals surface area contributed by atoms with Crippen molar-refractivity contribution >= 4 is 27.3 Å². The molecule has 1 unspecified atom stereocenters. The van der Waals surface area contributed by atoms with E-state index in [0.29, 0.717) is 12.2 Å². The van der Waals surface area contributed by atoms with Gasteiger partial charge in [-0.3, -0.25) is 9.59 Å². The van der Waals surface area contributed by atoms with Gasteiger partial charge in [-0.2, -0.15) is 0 Å². The van der Waals surface area contributed by atoms with Gasteiger partial charge >= 0.3 is 0 Å². The SMILES string of the molecule is CCS(=O)(=O)c1ccc(NC(=O)C2CC(=O)N(C3CCC(C)CC3)C2)cc1. The minimum absolute atomic E-state index is 0.0403. The molecule has 0 radical (unpaired) electrons. The first kappa shape index (κ1) is 19.9. The highest BCUT2D eigenvalue weighted by molar-refractivity contribution is 7.91. The predicted molar refractivity (Wildman–Crippen MR) is 104 cm³/mol. The molecule has 27 heavy (non-hydrogen) atoms. The van der Waals surface area contributed by atoms with Gasteiger partial charge < -0.3 is 10.2 Å². The zero-order valence-electron chi connectivity index (χ0n) is 16.0.